The van der Waals surface area contributed by atoms with Crippen molar-refractivity contribution in [2.45, 2.75) is 33.0 Å². The first-order chi connectivity index (χ1) is 14.5. The Labute approximate surface area is 181 Å². The van der Waals surface area contributed by atoms with Gasteiger partial charge in [0.15, 0.2) is 0 Å². The summed E-state index contributed by atoms with van der Waals surface area (Å²) in [7, 11) is 2.13. The molecule has 164 valence electrons. The second-order valence-electron chi connectivity index (χ2n) is 8.50. The summed E-state index contributed by atoms with van der Waals surface area (Å²) in [5, 5.41) is 10.4. The van der Waals surface area contributed by atoms with E-state index in [4.69, 9.17) is 4.74 Å². The van der Waals surface area contributed by atoms with Gasteiger partial charge in [-0.05, 0) is 43.8 Å². The second-order valence-corrected chi connectivity index (χ2v) is 8.50. The molecule has 0 saturated carbocycles. The van der Waals surface area contributed by atoms with E-state index in [9.17, 15) is 5.11 Å². The number of β-amino-alcohol motifs (C(OH)–C–C–N with tert-alkyl or cyclic N) is 1. The number of aliphatic hydroxyl groups excluding tert-OH is 1. The van der Waals surface area contributed by atoms with E-state index in [1.807, 2.05) is 12.1 Å². The lowest BCUT2D eigenvalue weighted by molar-refractivity contribution is 0.0470. The molecule has 5 heteroatoms. The Morgan fingerprint density at radius 2 is 1.63 bits per heavy atom. The molecule has 30 heavy (non-hydrogen) atoms. The number of likely N-dealkylation sites (N-methyl/N-ethyl adjacent to an activating group) is 1. The molecule has 0 bridgehead atoms. The number of rotatable bonds is 10. The fourth-order valence-electron chi connectivity index (χ4n) is 3.94. The molecule has 1 aliphatic heterocycles. The molecule has 2 aromatic rings. The van der Waals surface area contributed by atoms with Gasteiger partial charge in [-0.25, -0.2) is 0 Å². The molecule has 1 aliphatic rings. The van der Waals surface area contributed by atoms with Crippen LogP contribution in [0.25, 0.3) is 0 Å². The Hall–Kier alpha value is -1.92. The largest absolute Gasteiger partial charge is 0.491 e. The Morgan fingerprint density at radius 1 is 0.967 bits per heavy atom. The van der Waals surface area contributed by atoms with Crippen molar-refractivity contribution in [2.75, 3.05) is 52.9 Å². The Balaban J connectivity index is 1.42. The van der Waals surface area contributed by atoms with Crippen molar-refractivity contribution in [3.05, 3.63) is 65.2 Å². The van der Waals surface area contributed by atoms with Crippen LogP contribution < -0.4 is 4.74 Å². The molecule has 0 aromatic heterocycles. The third-order valence-corrected chi connectivity index (χ3v) is 5.75. The molecule has 0 unspecified atom stereocenters. The lowest BCUT2D eigenvalue weighted by atomic mass is 10.1. The molecule has 3 rings (SSSR count). The van der Waals surface area contributed by atoms with Gasteiger partial charge < -0.3 is 14.7 Å². The summed E-state index contributed by atoms with van der Waals surface area (Å²) < 4.78 is 5.90. The number of hydrogen-bond donors (Lipinski definition) is 1. The molecule has 1 fully saturated rings. The summed E-state index contributed by atoms with van der Waals surface area (Å²) in [5.74, 6) is 0.825. The topological polar surface area (TPSA) is 39.2 Å². The van der Waals surface area contributed by atoms with Crippen LogP contribution in [-0.4, -0.2) is 78.8 Å². The first-order valence-electron chi connectivity index (χ1n) is 11.1. The van der Waals surface area contributed by atoms with Crippen molar-refractivity contribution in [3.63, 3.8) is 0 Å². The Morgan fingerprint density at radius 3 is 2.33 bits per heavy atom. The molecule has 1 N–H and O–H groups in total. The maximum Gasteiger partial charge on any atom is 0.119 e. The Bertz CT molecular complexity index is 757. The van der Waals surface area contributed by atoms with E-state index >= 15 is 0 Å². The molecule has 0 amide bonds. The van der Waals surface area contributed by atoms with Crippen LogP contribution in [0, 0.1) is 6.92 Å². The summed E-state index contributed by atoms with van der Waals surface area (Å²) in [6.45, 7) is 12.4. The monoisotopic (exact) mass is 411 g/mol. The minimum Gasteiger partial charge on any atom is -0.491 e. The number of ether oxygens (including phenoxy) is 1. The van der Waals surface area contributed by atoms with Crippen molar-refractivity contribution < 1.29 is 9.84 Å². The standard InChI is InChI=1S/C25H37N3O2/c1-4-27-12-14-28(15-13-27)19-24(29)20-30-25-7-5-6-23(16-25)18-26(3)17-22-10-8-21(2)9-11-22/h5-11,16,24,29H,4,12-15,17-20H2,1-3H3/t24-/m0/s1. The van der Waals surface area contributed by atoms with Crippen LogP contribution in [0.3, 0.4) is 0 Å². The van der Waals surface area contributed by atoms with Gasteiger partial charge in [0.25, 0.3) is 0 Å². The predicted molar refractivity (Wildman–Crippen MR) is 123 cm³/mol. The number of aryl methyl sites for hydroxylation is 1. The van der Waals surface area contributed by atoms with E-state index < -0.39 is 6.10 Å². The highest BCUT2D eigenvalue weighted by Crippen LogP contribution is 2.16. The molecule has 0 aliphatic carbocycles. The highest BCUT2D eigenvalue weighted by Gasteiger charge is 2.18. The maximum atomic E-state index is 10.4. The third kappa shape index (κ3) is 7.40. The van der Waals surface area contributed by atoms with Crippen LogP contribution in [0.15, 0.2) is 48.5 Å². The molecular weight excluding hydrogens is 374 g/mol. The highest BCUT2D eigenvalue weighted by atomic mass is 16.5. The van der Waals surface area contributed by atoms with E-state index in [1.165, 1.54) is 16.7 Å². The van der Waals surface area contributed by atoms with Crippen molar-refractivity contribution in [1.82, 2.24) is 14.7 Å². The average Bonchev–Trinajstić information content (AvgIpc) is 2.75. The van der Waals surface area contributed by atoms with Crippen molar-refractivity contribution in [3.8, 4) is 5.75 Å². The Kier molecular flexibility index (Phi) is 8.70. The van der Waals surface area contributed by atoms with E-state index in [1.54, 1.807) is 0 Å². The van der Waals surface area contributed by atoms with Gasteiger partial charge in [-0.3, -0.25) is 9.80 Å². The number of nitrogens with zero attached hydrogens (tertiary/aromatic N) is 3. The van der Waals surface area contributed by atoms with Crippen molar-refractivity contribution in [2.24, 2.45) is 0 Å². The van der Waals surface area contributed by atoms with Gasteiger partial charge in [0.05, 0.1) is 0 Å². The fourth-order valence-corrected chi connectivity index (χ4v) is 3.94. The summed E-state index contributed by atoms with van der Waals surface area (Å²) in [6, 6.07) is 16.9. The molecule has 0 radical (unpaired) electrons. The first-order valence-corrected chi connectivity index (χ1v) is 11.1. The number of aliphatic hydroxyl groups is 1. The van der Waals surface area contributed by atoms with Gasteiger partial charge in [-0.1, -0.05) is 48.9 Å². The zero-order valence-corrected chi connectivity index (χ0v) is 18.8. The quantitative estimate of drug-likeness (QED) is 0.651. The first kappa shape index (κ1) is 22.8. The molecule has 1 atom stereocenters. The molecule has 5 nitrogen and oxygen atoms in total. The maximum absolute atomic E-state index is 10.4. The van der Waals surface area contributed by atoms with E-state index in [0.29, 0.717) is 13.2 Å². The van der Waals surface area contributed by atoms with Gasteiger partial charge in [0, 0.05) is 45.8 Å². The lowest BCUT2D eigenvalue weighted by Gasteiger charge is -2.34. The molecule has 1 saturated heterocycles. The lowest BCUT2D eigenvalue weighted by Crippen LogP contribution is -2.49. The van der Waals surface area contributed by atoms with Crippen LogP contribution in [-0.2, 0) is 13.1 Å². The fraction of sp³-hybridized carbons (Fsp3) is 0.520. The summed E-state index contributed by atoms with van der Waals surface area (Å²) in [5.41, 5.74) is 3.82. The van der Waals surface area contributed by atoms with Crippen LogP contribution in [0.2, 0.25) is 0 Å². The minimum absolute atomic E-state index is 0.330. The van der Waals surface area contributed by atoms with Crippen molar-refractivity contribution >= 4 is 0 Å². The third-order valence-electron chi connectivity index (χ3n) is 5.75. The normalized spacial score (nSPS) is 16.7. The average molecular weight is 412 g/mol. The molecule has 2 aromatic carbocycles. The number of piperazine rings is 1. The number of hydrogen-bond acceptors (Lipinski definition) is 5. The van der Waals surface area contributed by atoms with Crippen LogP contribution in [0.4, 0.5) is 0 Å². The zero-order chi connectivity index (χ0) is 21.3. The van der Waals surface area contributed by atoms with Gasteiger partial charge in [-0.2, -0.15) is 0 Å². The SMILES string of the molecule is CCN1CCN(C[C@H](O)COc2cccc(CN(C)Cc3ccc(C)cc3)c2)CC1. The summed E-state index contributed by atoms with van der Waals surface area (Å²) >= 11 is 0. The minimum atomic E-state index is -0.467. The van der Waals surface area contributed by atoms with Crippen LogP contribution in [0.5, 0.6) is 5.75 Å². The van der Waals surface area contributed by atoms with Crippen LogP contribution in [0.1, 0.15) is 23.6 Å². The van der Waals surface area contributed by atoms with Gasteiger partial charge in [0.2, 0.25) is 0 Å². The van der Waals surface area contributed by atoms with E-state index in [0.717, 1.165) is 51.6 Å². The number of benzene rings is 2. The summed E-state index contributed by atoms with van der Waals surface area (Å²) in [6.07, 6.45) is -0.467. The van der Waals surface area contributed by atoms with Gasteiger partial charge in [0.1, 0.15) is 18.5 Å². The van der Waals surface area contributed by atoms with Gasteiger partial charge in [-0.15, -0.1) is 0 Å². The van der Waals surface area contributed by atoms with Crippen molar-refractivity contribution in [1.29, 1.82) is 0 Å². The molecular formula is C25H37N3O2. The highest BCUT2D eigenvalue weighted by molar-refractivity contribution is 5.28. The van der Waals surface area contributed by atoms with Gasteiger partial charge >= 0.3 is 0 Å². The molecule has 1 heterocycles. The summed E-state index contributed by atoms with van der Waals surface area (Å²) in [4.78, 5) is 7.08. The predicted octanol–water partition coefficient (Wildman–Crippen LogP) is 3.00. The van der Waals surface area contributed by atoms with E-state index in [2.05, 4.69) is 72.0 Å². The second kappa shape index (κ2) is 11.5. The zero-order valence-electron chi connectivity index (χ0n) is 18.8. The van der Waals surface area contributed by atoms with Crippen LogP contribution >= 0.6 is 0 Å². The smallest absolute Gasteiger partial charge is 0.119 e. The van der Waals surface area contributed by atoms with E-state index in [-0.39, 0.29) is 0 Å². The molecule has 0 spiro atoms.